The topological polar surface area (TPSA) is 20.2 Å². The second-order valence-corrected chi connectivity index (χ2v) is 1.09. The molecule has 0 aliphatic rings. The van der Waals surface area contributed by atoms with Crippen LogP contribution in [0.3, 0.4) is 0 Å². The zero-order valence-electron chi connectivity index (χ0n) is 4.66. The Hall–Kier alpha value is 1.54. The minimum Gasteiger partial charge on any atom is -1.00 e. The predicted octanol–water partition coefficient (Wildman–Crippen LogP) is -8.60. The molecule has 0 spiro atoms. The monoisotopic (exact) mass is 213 g/mol. The van der Waals surface area contributed by atoms with Crippen LogP contribution in [0.1, 0.15) is 13.8 Å². The van der Waals surface area contributed by atoms with Gasteiger partial charge in [0.05, 0.1) is 0 Å². The van der Waals surface area contributed by atoms with Crippen molar-refractivity contribution < 1.29 is 64.0 Å². The molecule has 1 nitrogen and oxygen atoms in total. The van der Waals surface area contributed by atoms with Gasteiger partial charge < -0.3 is 42.3 Å². The Morgan fingerprint density at radius 2 is 1.00 bits per heavy atom. The number of hydrogen-bond donors (Lipinski definition) is 1. The van der Waals surface area contributed by atoms with Crippen molar-refractivity contribution in [2.45, 2.75) is 20.0 Å². The summed E-state index contributed by atoms with van der Waals surface area (Å²) in [5.41, 5.74) is 0. The Balaban J connectivity index is -0.00000000750. The largest absolute Gasteiger partial charge is 3.00 e. The second kappa shape index (κ2) is 23.5. The maximum Gasteiger partial charge on any atom is 3.00 e. The van der Waals surface area contributed by atoms with Crippen LogP contribution in [0.15, 0.2) is 0 Å². The fourth-order valence-corrected chi connectivity index (χ4v) is 0. The van der Waals surface area contributed by atoms with Gasteiger partial charge in [0.2, 0.25) is 0 Å². The van der Waals surface area contributed by atoms with Crippen molar-refractivity contribution in [1.82, 2.24) is 0 Å². The summed E-state index contributed by atoms with van der Waals surface area (Å²) in [6.07, 6.45) is -0.167. The van der Waals surface area contributed by atoms with Crippen LogP contribution in [-0.2, 0) is 21.7 Å². The fraction of sp³-hybridized carbons (Fsp3) is 1.00. The first kappa shape index (κ1) is 33.7. The average Bonchev–Trinajstić information content (AvgIpc) is 0.811. The number of hydrogen-bond acceptors (Lipinski definition) is 1. The minimum absolute atomic E-state index is 0. The Labute approximate surface area is 83.7 Å². The Bertz CT molecular complexity index is 19.2. The van der Waals surface area contributed by atoms with E-state index in [9.17, 15) is 0 Å². The van der Waals surface area contributed by atoms with Crippen LogP contribution in [0.25, 0.3) is 0 Å². The molecule has 0 unspecified atom stereocenters. The minimum atomic E-state index is -0.167. The molecule has 0 bridgehead atoms. The van der Waals surface area contributed by atoms with Gasteiger partial charge in [-0.3, -0.25) is 0 Å². The summed E-state index contributed by atoms with van der Waals surface area (Å²) in [4.78, 5) is 0. The van der Waals surface area contributed by atoms with E-state index in [1.807, 2.05) is 0 Å². The molecule has 0 aromatic heterocycles. The first-order valence-electron chi connectivity index (χ1n) is 1.41. The van der Waals surface area contributed by atoms with Gasteiger partial charge >= 0.3 is 21.7 Å². The first-order valence-corrected chi connectivity index (χ1v) is 1.41. The van der Waals surface area contributed by atoms with Crippen LogP contribution < -0.4 is 37.2 Å². The first-order chi connectivity index (χ1) is 1.73. The third kappa shape index (κ3) is 135. The Morgan fingerprint density at radius 1 is 1.00 bits per heavy atom. The second-order valence-electron chi connectivity index (χ2n) is 1.09. The number of rotatable bonds is 0. The van der Waals surface area contributed by atoms with Crippen molar-refractivity contribution in [3.05, 3.63) is 0 Å². The van der Waals surface area contributed by atoms with Gasteiger partial charge in [0.1, 0.15) is 0 Å². The molecule has 0 aromatic carbocycles. The summed E-state index contributed by atoms with van der Waals surface area (Å²) in [7, 11) is 0. The molecule has 0 fully saturated rings. The van der Waals surface area contributed by atoms with E-state index in [1.165, 1.54) is 0 Å². The van der Waals surface area contributed by atoms with E-state index in [0.29, 0.717) is 0 Å². The van der Waals surface area contributed by atoms with Gasteiger partial charge in [-0.1, -0.05) is 0 Å². The summed E-state index contributed by atoms with van der Waals surface area (Å²) in [5.74, 6) is 0. The molecule has 0 saturated carbocycles. The van der Waals surface area contributed by atoms with E-state index < -0.39 is 0 Å². The fourth-order valence-electron chi connectivity index (χ4n) is 0. The summed E-state index contributed by atoms with van der Waals surface area (Å²) >= 11 is 0. The zero-order chi connectivity index (χ0) is 3.58. The molecule has 51 valence electrons. The van der Waals surface area contributed by atoms with Gasteiger partial charge in [0, 0.05) is 6.10 Å². The normalized spacial score (nSPS) is 4.50. The number of aliphatic hydroxyl groups excluding tert-OH is 1. The average molecular weight is 214 g/mol. The molecule has 0 rings (SSSR count). The summed E-state index contributed by atoms with van der Waals surface area (Å²) < 4.78 is 0. The number of aliphatic hydroxyl groups is 1. The summed E-state index contributed by atoms with van der Waals surface area (Å²) in [6.45, 7) is 3.44. The van der Waals surface area contributed by atoms with Crippen molar-refractivity contribution >= 4 is 0 Å². The maximum absolute atomic E-state index is 8.06. The van der Waals surface area contributed by atoms with Crippen LogP contribution in [0, 0.1) is 0 Å². The molecule has 1 radical (unpaired) electrons. The van der Waals surface area contributed by atoms with Gasteiger partial charge in [0.25, 0.3) is 0 Å². The number of halogens is 3. The molecular weight excluding hydrogens is 206 g/mol. The maximum atomic E-state index is 8.06. The SMILES string of the molecule is CC(C)O.[Cl-].[Cl-].[Cl-].[Ti+3]. The van der Waals surface area contributed by atoms with E-state index in [1.54, 1.807) is 13.8 Å². The molecule has 0 aromatic rings. The molecule has 0 atom stereocenters. The summed E-state index contributed by atoms with van der Waals surface area (Å²) in [5, 5.41) is 8.06. The summed E-state index contributed by atoms with van der Waals surface area (Å²) in [6, 6.07) is 0. The molecule has 1 N–H and O–H groups in total. The molecule has 0 aliphatic carbocycles. The molecule has 0 heterocycles. The van der Waals surface area contributed by atoms with E-state index in [2.05, 4.69) is 0 Å². The molecular formula is C3H8Cl3OTi. The van der Waals surface area contributed by atoms with Crippen molar-refractivity contribution in [3.63, 3.8) is 0 Å². The van der Waals surface area contributed by atoms with E-state index in [-0.39, 0.29) is 65.0 Å². The standard InChI is InChI=1S/C3H8O.3ClH.Ti/c1-3(2)4;;;;/h3-4H,1-2H3;3*1H;/q;;;;+3/p-3. The van der Waals surface area contributed by atoms with Gasteiger partial charge in [0.15, 0.2) is 0 Å². The van der Waals surface area contributed by atoms with Crippen LogP contribution >= 0.6 is 0 Å². The van der Waals surface area contributed by atoms with Crippen LogP contribution in [0.4, 0.5) is 0 Å². The van der Waals surface area contributed by atoms with Crippen LogP contribution in [0.2, 0.25) is 0 Å². The predicted molar refractivity (Wildman–Crippen MR) is 17.4 cm³/mol. The van der Waals surface area contributed by atoms with E-state index >= 15 is 0 Å². The molecule has 8 heavy (non-hydrogen) atoms. The van der Waals surface area contributed by atoms with Gasteiger partial charge in [-0.05, 0) is 13.8 Å². The van der Waals surface area contributed by atoms with Gasteiger partial charge in [-0.25, -0.2) is 0 Å². The van der Waals surface area contributed by atoms with Crippen molar-refractivity contribution in [1.29, 1.82) is 0 Å². The van der Waals surface area contributed by atoms with Crippen molar-refractivity contribution in [2.75, 3.05) is 0 Å². The van der Waals surface area contributed by atoms with Crippen molar-refractivity contribution in [2.24, 2.45) is 0 Å². The van der Waals surface area contributed by atoms with Crippen molar-refractivity contribution in [3.8, 4) is 0 Å². The Kier molecular flexibility index (Phi) is 99.3. The van der Waals surface area contributed by atoms with Gasteiger partial charge in [-0.2, -0.15) is 0 Å². The van der Waals surface area contributed by atoms with Crippen LogP contribution in [-0.4, -0.2) is 11.2 Å². The molecule has 0 saturated heterocycles. The third-order valence-corrected chi connectivity index (χ3v) is 0. The van der Waals surface area contributed by atoms with E-state index in [4.69, 9.17) is 5.11 Å². The molecule has 0 aliphatic heterocycles. The zero-order valence-corrected chi connectivity index (χ0v) is 8.49. The van der Waals surface area contributed by atoms with Gasteiger partial charge in [-0.15, -0.1) is 0 Å². The quantitative estimate of drug-likeness (QED) is 0.397. The molecule has 0 amide bonds. The molecule has 5 heteroatoms. The van der Waals surface area contributed by atoms with E-state index in [0.717, 1.165) is 0 Å². The third-order valence-electron chi connectivity index (χ3n) is 0. The smallest absolute Gasteiger partial charge is 1.00 e. The van der Waals surface area contributed by atoms with Crippen LogP contribution in [0.5, 0.6) is 0 Å². The Morgan fingerprint density at radius 3 is 1.00 bits per heavy atom.